The van der Waals surface area contributed by atoms with Crippen molar-refractivity contribution in [3.63, 3.8) is 0 Å². The third-order valence-electron chi connectivity index (χ3n) is 2.63. The van der Waals surface area contributed by atoms with E-state index in [0.29, 0.717) is 24.4 Å². The van der Waals surface area contributed by atoms with Crippen LogP contribution in [0.25, 0.3) is 0 Å². The number of phenolic OH excluding ortho intramolecular Hbond substituents is 1. The van der Waals surface area contributed by atoms with Gasteiger partial charge in [0, 0.05) is 24.4 Å². The van der Waals surface area contributed by atoms with Crippen LogP contribution in [0, 0.1) is 0 Å². The van der Waals surface area contributed by atoms with Crippen molar-refractivity contribution in [1.29, 1.82) is 0 Å². The summed E-state index contributed by atoms with van der Waals surface area (Å²) in [6, 6.07) is 4.94. The predicted octanol–water partition coefficient (Wildman–Crippen LogP) is 0.925. The lowest BCUT2D eigenvalue weighted by molar-refractivity contribution is 0.410. The minimum atomic E-state index is -2.95. The molecular formula is C12H19NO4S. The average Bonchev–Trinajstić information content (AvgIpc) is 2.36. The number of rotatable bonds is 7. The summed E-state index contributed by atoms with van der Waals surface area (Å²) in [4.78, 5) is 0. The molecule has 0 bridgehead atoms. The maximum absolute atomic E-state index is 11.3. The maximum atomic E-state index is 11.3. The van der Waals surface area contributed by atoms with Crippen LogP contribution in [0.4, 0.5) is 0 Å². The summed E-state index contributed by atoms with van der Waals surface area (Å²) in [6.07, 6.45) is 0. The Balaban J connectivity index is 2.49. The first-order valence-electron chi connectivity index (χ1n) is 5.75. The summed E-state index contributed by atoms with van der Waals surface area (Å²) < 4.78 is 27.6. The van der Waals surface area contributed by atoms with Crippen LogP contribution in [0.3, 0.4) is 0 Å². The molecule has 0 unspecified atom stereocenters. The van der Waals surface area contributed by atoms with Crippen molar-refractivity contribution in [1.82, 2.24) is 5.32 Å². The third kappa shape index (κ3) is 4.54. The first-order chi connectivity index (χ1) is 8.48. The molecule has 0 radical (unpaired) electrons. The van der Waals surface area contributed by atoms with Gasteiger partial charge < -0.3 is 15.2 Å². The molecule has 102 valence electrons. The molecule has 5 nitrogen and oxygen atoms in total. The van der Waals surface area contributed by atoms with Crippen molar-refractivity contribution >= 4 is 9.84 Å². The Morgan fingerprint density at radius 3 is 2.72 bits per heavy atom. The second kappa shape index (κ2) is 6.61. The highest BCUT2D eigenvalue weighted by Gasteiger charge is 2.07. The molecule has 6 heteroatoms. The van der Waals surface area contributed by atoms with Gasteiger partial charge in [0.1, 0.15) is 11.5 Å². The maximum Gasteiger partial charge on any atom is 0.151 e. The number of aromatic hydroxyl groups is 1. The Morgan fingerprint density at radius 2 is 2.11 bits per heavy atom. The van der Waals surface area contributed by atoms with Gasteiger partial charge in [-0.3, -0.25) is 0 Å². The highest BCUT2D eigenvalue weighted by atomic mass is 32.2. The van der Waals surface area contributed by atoms with E-state index in [1.165, 1.54) is 0 Å². The molecule has 0 heterocycles. The molecule has 0 aliphatic rings. The smallest absolute Gasteiger partial charge is 0.151 e. The van der Waals surface area contributed by atoms with Crippen molar-refractivity contribution in [2.75, 3.05) is 25.2 Å². The van der Waals surface area contributed by atoms with E-state index in [2.05, 4.69) is 5.32 Å². The Labute approximate surface area is 108 Å². The molecule has 1 aromatic rings. The SMILES string of the molecule is CCS(=O)(=O)CCNCc1cc(OC)ccc1O. The minimum absolute atomic E-state index is 0.105. The van der Waals surface area contributed by atoms with Gasteiger partial charge in [0.05, 0.1) is 12.9 Å². The summed E-state index contributed by atoms with van der Waals surface area (Å²) in [6.45, 7) is 2.40. The first-order valence-corrected chi connectivity index (χ1v) is 7.57. The van der Waals surface area contributed by atoms with Crippen molar-refractivity contribution in [2.45, 2.75) is 13.5 Å². The van der Waals surface area contributed by atoms with Gasteiger partial charge in [0.25, 0.3) is 0 Å². The van der Waals surface area contributed by atoms with Crippen molar-refractivity contribution < 1.29 is 18.3 Å². The van der Waals surface area contributed by atoms with Gasteiger partial charge in [-0.05, 0) is 18.2 Å². The van der Waals surface area contributed by atoms with Crippen LogP contribution in [-0.2, 0) is 16.4 Å². The zero-order valence-corrected chi connectivity index (χ0v) is 11.5. The summed E-state index contributed by atoms with van der Waals surface area (Å²) in [5.41, 5.74) is 0.684. The van der Waals surface area contributed by atoms with Crippen LogP contribution >= 0.6 is 0 Å². The van der Waals surface area contributed by atoms with Crippen molar-refractivity contribution in [3.8, 4) is 11.5 Å². The van der Waals surface area contributed by atoms with Crippen molar-refractivity contribution in [2.24, 2.45) is 0 Å². The number of benzene rings is 1. The summed E-state index contributed by atoms with van der Waals surface area (Å²) >= 11 is 0. The third-order valence-corrected chi connectivity index (χ3v) is 4.34. The second-order valence-corrected chi connectivity index (χ2v) is 6.38. The summed E-state index contributed by atoms with van der Waals surface area (Å²) in [5.74, 6) is 1.08. The number of methoxy groups -OCH3 is 1. The zero-order valence-electron chi connectivity index (χ0n) is 10.6. The van der Waals surface area contributed by atoms with Crippen LogP contribution in [0.5, 0.6) is 11.5 Å². The molecule has 0 aromatic heterocycles. The number of sulfone groups is 1. The van der Waals surface area contributed by atoms with E-state index in [-0.39, 0.29) is 17.3 Å². The van der Waals surface area contributed by atoms with E-state index in [0.717, 1.165) is 0 Å². The standard InChI is InChI=1S/C12H19NO4S/c1-3-18(15,16)7-6-13-9-10-8-11(17-2)4-5-12(10)14/h4-5,8,13-14H,3,6-7,9H2,1-2H3. The molecule has 18 heavy (non-hydrogen) atoms. The van der Waals surface area contributed by atoms with Gasteiger partial charge in [-0.2, -0.15) is 0 Å². The van der Waals surface area contributed by atoms with Gasteiger partial charge in [-0.15, -0.1) is 0 Å². The normalized spacial score (nSPS) is 11.4. The van der Waals surface area contributed by atoms with E-state index in [4.69, 9.17) is 4.74 Å². The molecule has 0 spiro atoms. The predicted molar refractivity (Wildman–Crippen MR) is 70.7 cm³/mol. The fraction of sp³-hybridized carbons (Fsp3) is 0.500. The Bertz CT molecular complexity index is 485. The number of phenols is 1. The quantitative estimate of drug-likeness (QED) is 0.723. The van der Waals surface area contributed by atoms with Crippen LogP contribution in [0.1, 0.15) is 12.5 Å². The fourth-order valence-electron chi connectivity index (χ4n) is 1.43. The minimum Gasteiger partial charge on any atom is -0.508 e. The molecular weight excluding hydrogens is 254 g/mol. The highest BCUT2D eigenvalue weighted by Crippen LogP contribution is 2.22. The molecule has 1 rings (SSSR count). The lowest BCUT2D eigenvalue weighted by Gasteiger charge is -2.08. The average molecular weight is 273 g/mol. The molecule has 0 atom stereocenters. The number of nitrogens with one attached hydrogen (secondary N) is 1. The molecule has 1 aromatic carbocycles. The van der Waals surface area contributed by atoms with Gasteiger partial charge in [0.2, 0.25) is 0 Å². The van der Waals surface area contributed by atoms with Gasteiger partial charge >= 0.3 is 0 Å². The van der Waals surface area contributed by atoms with E-state index < -0.39 is 9.84 Å². The van der Waals surface area contributed by atoms with Crippen LogP contribution in [0.15, 0.2) is 18.2 Å². The Hall–Kier alpha value is -1.27. The molecule has 0 saturated carbocycles. The monoisotopic (exact) mass is 273 g/mol. The highest BCUT2D eigenvalue weighted by molar-refractivity contribution is 7.91. The number of hydrogen-bond acceptors (Lipinski definition) is 5. The Morgan fingerprint density at radius 1 is 1.39 bits per heavy atom. The first kappa shape index (κ1) is 14.8. The van der Waals surface area contributed by atoms with Crippen LogP contribution < -0.4 is 10.1 Å². The van der Waals surface area contributed by atoms with E-state index in [1.54, 1.807) is 32.2 Å². The largest absolute Gasteiger partial charge is 0.508 e. The lowest BCUT2D eigenvalue weighted by Crippen LogP contribution is -2.23. The van der Waals surface area contributed by atoms with Crippen LogP contribution in [-0.4, -0.2) is 38.7 Å². The topological polar surface area (TPSA) is 75.6 Å². The number of hydrogen-bond donors (Lipinski definition) is 2. The molecule has 0 fully saturated rings. The lowest BCUT2D eigenvalue weighted by atomic mass is 10.2. The van der Waals surface area contributed by atoms with E-state index in [9.17, 15) is 13.5 Å². The second-order valence-electron chi connectivity index (χ2n) is 3.91. The molecule has 0 aliphatic heterocycles. The number of ether oxygens (including phenoxy) is 1. The molecule has 0 saturated heterocycles. The van der Waals surface area contributed by atoms with E-state index >= 15 is 0 Å². The Kier molecular flexibility index (Phi) is 5.43. The van der Waals surface area contributed by atoms with E-state index in [1.807, 2.05) is 0 Å². The van der Waals surface area contributed by atoms with Crippen molar-refractivity contribution in [3.05, 3.63) is 23.8 Å². The van der Waals surface area contributed by atoms with Gasteiger partial charge in [-0.1, -0.05) is 6.92 Å². The zero-order chi connectivity index (χ0) is 13.6. The summed E-state index contributed by atoms with van der Waals surface area (Å²) in [7, 11) is -1.39. The van der Waals surface area contributed by atoms with Gasteiger partial charge in [-0.25, -0.2) is 8.42 Å². The van der Waals surface area contributed by atoms with Crippen LogP contribution in [0.2, 0.25) is 0 Å². The summed E-state index contributed by atoms with van der Waals surface area (Å²) in [5, 5.41) is 12.6. The molecule has 2 N–H and O–H groups in total. The van der Waals surface area contributed by atoms with Gasteiger partial charge in [0.15, 0.2) is 9.84 Å². The molecule has 0 amide bonds. The fourth-order valence-corrected chi connectivity index (χ4v) is 2.17. The molecule has 0 aliphatic carbocycles.